The molecule has 1 aromatic carbocycles. The minimum absolute atomic E-state index is 0.234. The first-order chi connectivity index (χ1) is 17.7. The number of ether oxygens (including phenoxy) is 1. The highest BCUT2D eigenvalue weighted by molar-refractivity contribution is 7.84. The molecule has 2 aliphatic rings. The van der Waals surface area contributed by atoms with E-state index in [2.05, 4.69) is 19.5 Å². The number of nitrogens with zero attached hydrogens (tertiary/aromatic N) is 2. The van der Waals surface area contributed by atoms with Gasteiger partial charge in [-0.1, -0.05) is 6.07 Å². The average molecular weight is 549 g/mol. The molecule has 0 radical (unpaired) electrons. The molecule has 4 atom stereocenters. The summed E-state index contributed by atoms with van der Waals surface area (Å²) in [6, 6.07) is 6.15. The molecule has 3 aromatic rings. The maximum absolute atomic E-state index is 13.9. The van der Waals surface area contributed by atoms with E-state index < -0.39 is 28.4 Å². The van der Waals surface area contributed by atoms with Gasteiger partial charge in [0.25, 0.3) is 0 Å². The van der Waals surface area contributed by atoms with Crippen LogP contribution in [0.25, 0.3) is 0 Å². The number of hydrogen-bond donors (Lipinski definition) is 3. The summed E-state index contributed by atoms with van der Waals surface area (Å²) in [7, 11) is -4.11. The number of rotatable bonds is 8. The summed E-state index contributed by atoms with van der Waals surface area (Å²) in [5.74, 6) is -0.767. The van der Waals surface area contributed by atoms with Crippen molar-refractivity contribution in [1.82, 2.24) is 9.97 Å². The fraction of sp³-hybridized carbons (Fsp3) is 0.375. The van der Waals surface area contributed by atoms with Gasteiger partial charge in [0.1, 0.15) is 24.1 Å². The lowest BCUT2D eigenvalue weighted by atomic mass is 9.94. The van der Waals surface area contributed by atoms with Crippen LogP contribution in [0, 0.1) is 11.7 Å². The summed E-state index contributed by atoms with van der Waals surface area (Å²) in [6.07, 6.45) is 2.88. The van der Waals surface area contributed by atoms with Gasteiger partial charge in [-0.3, -0.25) is 8.98 Å². The molecule has 0 amide bonds. The van der Waals surface area contributed by atoms with Gasteiger partial charge in [0.05, 0.1) is 29.8 Å². The molecule has 0 bridgehead atoms. The SMILES string of the molecule is NS(=O)(=O)OC[C@H]1C[C@@H](Nc2ncncc2C(=O)c2cc([C@@H]3OCCc4ccc(F)cc43)cs2)C[C@@H]1O. The number of halogens is 1. The van der Waals surface area contributed by atoms with Gasteiger partial charge in [0, 0.05) is 18.2 Å². The molecule has 10 nitrogen and oxygen atoms in total. The van der Waals surface area contributed by atoms with Gasteiger partial charge in [0.2, 0.25) is 5.78 Å². The molecule has 5 rings (SSSR count). The van der Waals surface area contributed by atoms with Crippen LogP contribution in [0.3, 0.4) is 0 Å². The molecule has 1 fully saturated rings. The Bertz CT molecular complexity index is 1420. The molecule has 196 valence electrons. The quantitative estimate of drug-likeness (QED) is 0.360. The van der Waals surface area contributed by atoms with Crippen molar-refractivity contribution in [2.24, 2.45) is 11.1 Å². The van der Waals surface area contributed by atoms with E-state index in [9.17, 15) is 22.7 Å². The fourth-order valence-electron chi connectivity index (χ4n) is 4.82. The Kier molecular flexibility index (Phi) is 7.34. The lowest BCUT2D eigenvalue weighted by Gasteiger charge is -2.25. The smallest absolute Gasteiger partial charge is 0.333 e. The number of aliphatic hydroxyl groups excluding tert-OH is 1. The first-order valence-corrected chi connectivity index (χ1v) is 14.0. The third-order valence-corrected chi connectivity index (χ3v) is 8.01. The molecule has 3 heterocycles. The number of nitrogens with one attached hydrogen (secondary N) is 1. The Hall–Kier alpha value is -2.81. The molecule has 0 saturated heterocycles. The number of ketones is 1. The fourth-order valence-corrected chi connectivity index (χ4v) is 6.06. The van der Waals surface area contributed by atoms with Crippen LogP contribution in [0.15, 0.2) is 42.2 Å². The molecule has 0 spiro atoms. The van der Waals surface area contributed by atoms with Crippen LogP contribution >= 0.6 is 11.3 Å². The Balaban J connectivity index is 1.32. The number of aliphatic hydroxyl groups is 1. The molecule has 1 aliphatic heterocycles. The Morgan fingerprint density at radius 2 is 2.16 bits per heavy atom. The molecular weight excluding hydrogens is 523 g/mol. The second-order valence-corrected chi connectivity index (χ2v) is 11.3. The summed E-state index contributed by atoms with van der Waals surface area (Å²) in [4.78, 5) is 22.1. The van der Waals surface area contributed by atoms with Gasteiger partial charge >= 0.3 is 10.3 Å². The molecule has 4 N–H and O–H groups in total. The zero-order valence-corrected chi connectivity index (χ0v) is 21.2. The van der Waals surface area contributed by atoms with Crippen LogP contribution in [0.4, 0.5) is 10.2 Å². The Morgan fingerprint density at radius 1 is 1.32 bits per heavy atom. The number of carbonyl (C=O) groups is 1. The van der Waals surface area contributed by atoms with E-state index in [1.54, 1.807) is 12.1 Å². The van der Waals surface area contributed by atoms with Gasteiger partial charge in [0.15, 0.2) is 0 Å². The summed E-state index contributed by atoms with van der Waals surface area (Å²) >= 11 is 1.25. The first kappa shape index (κ1) is 25.8. The van der Waals surface area contributed by atoms with Crippen LogP contribution in [-0.2, 0) is 25.6 Å². The number of fused-ring (bicyclic) bond motifs is 1. The van der Waals surface area contributed by atoms with Crippen LogP contribution in [-0.4, -0.2) is 54.6 Å². The zero-order valence-electron chi connectivity index (χ0n) is 19.5. The number of aromatic nitrogens is 2. The number of thiophene rings is 1. The van der Waals surface area contributed by atoms with E-state index in [0.717, 1.165) is 16.7 Å². The van der Waals surface area contributed by atoms with Crippen molar-refractivity contribution in [3.05, 3.63) is 75.1 Å². The van der Waals surface area contributed by atoms with Crippen LogP contribution in [0.5, 0.6) is 0 Å². The van der Waals surface area contributed by atoms with Gasteiger partial charge in [-0.25, -0.2) is 19.5 Å². The van der Waals surface area contributed by atoms with Crippen LogP contribution in [0.1, 0.15) is 50.9 Å². The number of anilines is 1. The number of carbonyl (C=O) groups excluding carboxylic acids is 1. The second-order valence-electron chi connectivity index (χ2n) is 9.12. The second kappa shape index (κ2) is 10.5. The topological polar surface area (TPSA) is 154 Å². The Morgan fingerprint density at radius 3 is 2.97 bits per heavy atom. The highest BCUT2D eigenvalue weighted by atomic mass is 32.2. The predicted molar refractivity (Wildman–Crippen MR) is 133 cm³/mol. The van der Waals surface area contributed by atoms with E-state index in [1.807, 2.05) is 5.38 Å². The molecule has 1 saturated carbocycles. The third kappa shape index (κ3) is 5.87. The normalized spacial score (nSPS) is 23.5. The van der Waals surface area contributed by atoms with Gasteiger partial charge in [-0.05, 0) is 59.5 Å². The lowest BCUT2D eigenvalue weighted by Crippen LogP contribution is -2.24. The highest BCUT2D eigenvalue weighted by Crippen LogP contribution is 2.36. The van der Waals surface area contributed by atoms with Crippen molar-refractivity contribution in [3.63, 3.8) is 0 Å². The predicted octanol–water partition coefficient (Wildman–Crippen LogP) is 2.34. The first-order valence-electron chi connectivity index (χ1n) is 11.6. The molecule has 37 heavy (non-hydrogen) atoms. The lowest BCUT2D eigenvalue weighted by molar-refractivity contribution is 0.0698. The largest absolute Gasteiger partial charge is 0.393 e. The monoisotopic (exact) mass is 548 g/mol. The van der Waals surface area contributed by atoms with Crippen LogP contribution < -0.4 is 10.5 Å². The highest BCUT2D eigenvalue weighted by Gasteiger charge is 2.35. The van der Waals surface area contributed by atoms with Crippen molar-refractivity contribution < 1.29 is 31.6 Å². The van der Waals surface area contributed by atoms with E-state index in [-0.39, 0.29) is 29.8 Å². The summed E-state index contributed by atoms with van der Waals surface area (Å²) < 4.78 is 46.6. The van der Waals surface area contributed by atoms with Crippen molar-refractivity contribution in [2.45, 2.75) is 37.5 Å². The van der Waals surface area contributed by atoms with Crippen molar-refractivity contribution in [2.75, 3.05) is 18.5 Å². The molecule has 1 aliphatic carbocycles. The van der Waals surface area contributed by atoms with E-state index in [0.29, 0.717) is 36.6 Å². The van der Waals surface area contributed by atoms with E-state index in [4.69, 9.17) is 9.88 Å². The number of benzene rings is 1. The maximum atomic E-state index is 13.9. The minimum Gasteiger partial charge on any atom is -0.393 e. The average Bonchev–Trinajstić information content (AvgIpc) is 3.48. The molecule has 13 heteroatoms. The van der Waals surface area contributed by atoms with Crippen molar-refractivity contribution >= 4 is 33.2 Å². The van der Waals surface area contributed by atoms with Crippen molar-refractivity contribution in [3.8, 4) is 0 Å². The maximum Gasteiger partial charge on any atom is 0.333 e. The van der Waals surface area contributed by atoms with E-state index >= 15 is 0 Å². The van der Waals surface area contributed by atoms with E-state index in [1.165, 1.54) is 36.0 Å². The summed E-state index contributed by atoms with van der Waals surface area (Å²) in [5.41, 5.74) is 2.80. The standard InChI is InChI=1S/C24H25FN4O6S2/c25-16-2-1-13-3-4-34-23(18(13)7-16)15-6-21(36-11-15)22(31)19-9-27-12-28-24(19)29-17-5-14(20(30)8-17)10-35-37(26,32)33/h1-2,6-7,9,11-12,14,17,20,23,30H,3-5,8,10H2,(H2,26,32,33)(H,27,28,29)/t14-,17-,20+,23+/m1/s1. The Labute approximate surface area is 216 Å². The van der Waals surface area contributed by atoms with Gasteiger partial charge in [-0.2, -0.15) is 8.42 Å². The summed E-state index contributed by atoms with van der Waals surface area (Å²) in [5, 5.41) is 20.2. The molecule has 2 aromatic heterocycles. The number of nitrogens with two attached hydrogens (primary N) is 1. The minimum atomic E-state index is -4.11. The molecule has 0 unspecified atom stereocenters. The van der Waals surface area contributed by atoms with Crippen molar-refractivity contribution in [1.29, 1.82) is 0 Å². The number of hydrogen-bond acceptors (Lipinski definition) is 10. The molecular formula is C24H25FN4O6S2. The summed E-state index contributed by atoms with van der Waals surface area (Å²) in [6.45, 7) is 0.265. The third-order valence-electron chi connectivity index (χ3n) is 6.59. The van der Waals surface area contributed by atoms with Gasteiger partial charge in [-0.15, -0.1) is 11.3 Å². The van der Waals surface area contributed by atoms with Gasteiger partial charge < -0.3 is 15.2 Å². The van der Waals surface area contributed by atoms with Crippen LogP contribution in [0.2, 0.25) is 0 Å². The zero-order chi connectivity index (χ0) is 26.2.